The van der Waals surface area contributed by atoms with Crippen LogP contribution in [0.3, 0.4) is 0 Å². The van der Waals surface area contributed by atoms with Gasteiger partial charge in [0.05, 0.1) is 17.9 Å². The van der Waals surface area contributed by atoms with Gasteiger partial charge in [-0.3, -0.25) is 9.59 Å². The minimum Gasteiger partial charge on any atom is -0.481 e. The topological polar surface area (TPSA) is 66.4 Å². The first-order valence-corrected chi connectivity index (χ1v) is 7.43. The molecule has 5 heteroatoms. The van der Waals surface area contributed by atoms with Crippen LogP contribution in [0.25, 0.3) is 0 Å². The average molecular weight is 281 g/mol. The largest absolute Gasteiger partial charge is 0.481 e. The van der Waals surface area contributed by atoms with Crippen LogP contribution in [0.4, 0.5) is 0 Å². The molecule has 4 atom stereocenters. The van der Waals surface area contributed by atoms with Crippen molar-refractivity contribution < 1.29 is 14.7 Å². The van der Waals surface area contributed by atoms with Gasteiger partial charge >= 0.3 is 5.97 Å². The molecule has 0 saturated heterocycles. The summed E-state index contributed by atoms with van der Waals surface area (Å²) in [7, 11) is 0. The number of nitrogens with one attached hydrogen (secondary N) is 1. The zero-order valence-electron chi connectivity index (χ0n) is 11.1. The number of thiophene rings is 1. The van der Waals surface area contributed by atoms with Crippen molar-refractivity contribution in [1.29, 1.82) is 0 Å². The zero-order chi connectivity index (χ0) is 14.0. The van der Waals surface area contributed by atoms with Crippen LogP contribution >= 0.6 is 11.3 Å². The van der Waals surface area contributed by atoms with Crippen molar-refractivity contribution in [2.24, 2.45) is 17.8 Å². The molecule has 0 spiro atoms. The van der Waals surface area contributed by atoms with Crippen molar-refractivity contribution in [3.8, 4) is 0 Å². The minimum absolute atomic E-state index is 0.0575. The number of aliphatic carboxylic acids is 1. The molecule has 104 valence electrons. The molecule has 1 aromatic heterocycles. The summed E-state index contributed by atoms with van der Waals surface area (Å²) in [5, 5.41) is 14.1. The second kappa shape index (κ2) is 5.74. The van der Waals surface area contributed by atoms with Gasteiger partial charge in [-0.15, -0.1) is 11.3 Å². The van der Waals surface area contributed by atoms with Gasteiger partial charge < -0.3 is 10.4 Å². The molecule has 1 unspecified atom stereocenters. The van der Waals surface area contributed by atoms with E-state index in [1.165, 1.54) is 0 Å². The molecule has 0 radical (unpaired) electrons. The highest BCUT2D eigenvalue weighted by atomic mass is 32.1. The van der Waals surface area contributed by atoms with Crippen LogP contribution < -0.4 is 5.32 Å². The lowest BCUT2D eigenvalue weighted by atomic mass is 9.95. The third-order valence-corrected chi connectivity index (χ3v) is 4.84. The molecule has 1 saturated carbocycles. The lowest BCUT2D eigenvalue weighted by molar-refractivity contribution is -0.146. The Balaban J connectivity index is 2.01. The lowest BCUT2D eigenvalue weighted by Gasteiger charge is -2.19. The molecule has 0 bridgehead atoms. The van der Waals surface area contributed by atoms with Crippen molar-refractivity contribution >= 4 is 23.2 Å². The van der Waals surface area contributed by atoms with E-state index in [1.807, 2.05) is 31.4 Å². The van der Waals surface area contributed by atoms with Crippen LogP contribution in [0.1, 0.15) is 37.6 Å². The molecule has 1 amide bonds. The predicted octanol–water partition coefficient (Wildman–Crippen LogP) is 2.67. The quantitative estimate of drug-likeness (QED) is 0.891. The maximum absolute atomic E-state index is 12.2. The van der Waals surface area contributed by atoms with Gasteiger partial charge in [0.1, 0.15) is 0 Å². The third-order valence-electron chi connectivity index (χ3n) is 3.78. The van der Waals surface area contributed by atoms with E-state index in [1.54, 1.807) is 11.3 Å². The highest BCUT2D eigenvalue weighted by Gasteiger charge is 2.41. The molecule has 1 aliphatic rings. The molecule has 2 N–H and O–H groups in total. The fourth-order valence-corrected chi connectivity index (χ4v) is 3.52. The Bertz CT molecular complexity index is 457. The first-order chi connectivity index (χ1) is 8.99. The van der Waals surface area contributed by atoms with Crippen molar-refractivity contribution in [3.63, 3.8) is 0 Å². The van der Waals surface area contributed by atoms with Gasteiger partial charge in [0.2, 0.25) is 5.91 Å². The van der Waals surface area contributed by atoms with Crippen molar-refractivity contribution in [3.05, 3.63) is 22.4 Å². The normalized spacial score (nSPS) is 28.0. The number of rotatable bonds is 4. The van der Waals surface area contributed by atoms with E-state index in [4.69, 9.17) is 0 Å². The van der Waals surface area contributed by atoms with E-state index in [2.05, 4.69) is 5.32 Å². The van der Waals surface area contributed by atoms with Gasteiger partial charge in [-0.05, 0) is 37.1 Å². The summed E-state index contributed by atoms with van der Waals surface area (Å²) >= 11 is 1.59. The summed E-state index contributed by atoms with van der Waals surface area (Å²) in [5.41, 5.74) is 0. The minimum atomic E-state index is -0.853. The summed E-state index contributed by atoms with van der Waals surface area (Å²) in [6.07, 6.45) is 1.26. The molecule has 1 aliphatic carbocycles. The van der Waals surface area contributed by atoms with E-state index in [9.17, 15) is 14.7 Å². The Morgan fingerprint density at radius 3 is 2.68 bits per heavy atom. The first kappa shape index (κ1) is 14.1. The SMILES string of the molecule is CC1C[C@H](C(=O)N[C@H](C)c2cccs2)[C@H](C(=O)O)C1. The van der Waals surface area contributed by atoms with Gasteiger partial charge in [-0.25, -0.2) is 0 Å². The predicted molar refractivity (Wildman–Crippen MR) is 73.9 cm³/mol. The molecule has 1 aromatic rings. The maximum atomic E-state index is 12.2. The molecule has 4 nitrogen and oxygen atoms in total. The standard InChI is InChI=1S/C14H19NO3S/c1-8-6-10(11(7-8)14(17)18)13(16)15-9(2)12-4-3-5-19-12/h3-5,8-11H,6-7H2,1-2H3,(H,15,16)(H,17,18)/t8?,9-,10+,11-/m1/s1. The van der Waals surface area contributed by atoms with E-state index in [-0.39, 0.29) is 11.9 Å². The van der Waals surface area contributed by atoms with Crippen LogP contribution in [-0.2, 0) is 9.59 Å². The number of carboxylic acids is 1. The van der Waals surface area contributed by atoms with Crippen molar-refractivity contribution in [1.82, 2.24) is 5.32 Å². The van der Waals surface area contributed by atoms with Crippen LogP contribution in [0.5, 0.6) is 0 Å². The number of carbonyl (C=O) groups excluding carboxylic acids is 1. The van der Waals surface area contributed by atoms with Crippen LogP contribution in [0.2, 0.25) is 0 Å². The Morgan fingerprint density at radius 2 is 2.11 bits per heavy atom. The lowest BCUT2D eigenvalue weighted by Crippen LogP contribution is -2.36. The van der Waals surface area contributed by atoms with E-state index in [0.717, 1.165) is 4.88 Å². The fourth-order valence-electron chi connectivity index (χ4n) is 2.78. The smallest absolute Gasteiger partial charge is 0.307 e. The van der Waals surface area contributed by atoms with E-state index in [0.29, 0.717) is 18.8 Å². The molecule has 0 aliphatic heterocycles. The average Bonchev–Trinajstić information content (AvgIpc) is 2.96. The monoisotopic (exact) mass is 281 g/mol. The highest BCUT2D eigenvalue weighted by molar-refractivity contribution is 7.10. The van der Waals surface area contributed by atoms with Crippen LogP contribution in [-0.4, -0.2) is 17.0 Å². The Hall–Kier alpha value is -1.36. The van der Waals surface area contributed by atoms with Crippen molar-refractivity contribution in [2.75, 3.05) is 0 Å². The highest BCUT2D eigenvalue weighted by Crippen LogP contribution is 2.37. The maximum Gasteiger partial charge on any atom is 0.307 e. The second-order valence-electron chi connectivity index (χ2n) is 5.37. The molecule has 2 rings (SSSR count). The van der Waals surface area contributed by atoms with Gasteiger partial charge in [0.25, 0.3) is 0 Å². The Labute approximate surface area is 116 Å². The van der Waals surface area contributed by atoms with Gasteiger partial charge in [0.15, 0.2) is 0 Å². The van der Waals surface area contributed by atoms with Crippen molar-refractivity contribution in [2.45, 2.75) is 32.7 Å². The molecule has 1 heterocycles. The Morgan fingerprint density at radius 1 is 1.42 bits per heavy atom. The first-order valence-electron chi connectivity index (χ1n) is 6.55. The van der Waals surface area contributed by atoms with E-state index < -0.39 is 17.8 Å². The molecular formula is C14H19NO3S. The fraction of sp³-hybridized carbons (Fsp3) is 0.571. The third kappa shape index (κ3) is 3.15. The number of amides is 1. The number of hydrogen-bond donors (Lipinski definition) is 2. The van der Waals surface area contributed by atoms with Crippen LogP contribution in [0, 0.1) is 17.8 Å². The number of hydrogen-bond acceptors (Lipinski definition) is 3. The molecular weight excluding hydrogens is 262 g/mol. The number of carbonyl (C=O) groups is 2. The molecule has 19 heavy (non-hydrogen) atoms. The second-order valence-corrected chi connectivity index (χ2v) is 6.35. The van der Waals surface area contributed by atoms with Gasteiger partial charge in [-0.1, -0.05) is 13.0 Å². The summed E-state index contributed by atoms with van der Waals surface area (Å²) in [5.74, 6) is -1.61. The summed E-state index contributed by atoms with van der Waals surface area (Å²) in [6.45, 7) is 3.93. The molecule has 1 fully saturated rings. The van der Waals surface area contributed by atoms with E-state index >= 15 is 0 Å². The summed E-state index contributed by atoms with van der Waals surface area (Å²) in [6, 6.07) is 3.86. The molecule has 0 aromatic carbocycles. The zero-order valence-corrected chi connectivity index (χ0v) is 11.9. The van der Waals surface area contributed by atoms with Gasteiger partial charge in [-0.2, -0.15) is 0 Å². The summed E-state index contributed by atoms with van der Waals surface area (Å²) < 4.78 is 0. The van der Waals surface area contributed by atoms with Gasteiger partial charge in [0, 0.05) is 4.88 Å². The number of carboxylic acid groups (broad SMARTS) is 1. The van der Waals surface area contributed by atoms with Crippen LogP contribution in [0.15, 0.2) is 17.5 Å². The summed E-state index contributed by atoms with van der Waals surface area (Å²) in [4.78, 5) is 24.5. The Kier molecular flexibility index (Phi) is 4.24.